The molecular formula is C21H16N2O2S2. The van der Waals surface area contributed by atoms with Crippen molar-refractivity contribution in [1.82, 2.24) is 4.98 Å². The fraction of sp³-hybridized carbons (Fsp3) is 0. The Bertz CT molecular complexity index is 1090. The van der Waals surface area contributed by atoms with Gasteiger partial charge in [-0.3, -0.25) is 9.27 Å². The summed E-state index contributed by atoms with van der Waals surface area (Å²) < 4.78 is 22.5. The summed E-state index contributed by atoms with van der Waals surface area (Å²) in [5.41, 5.74) is 5.67. The van der Waals surface area contributed by atoms with E-state index in [1.807, 2.05) is 54.6 Å². The van der Waals surface area contributed by atoms with Crippen LogP contribution in [0.1, 0.15) is 0 Å². The Morgan fingerprint density at radius 3 is 2.26 bits per heavy atom. The molecule has 134 valence electrons. The second-order valence-electron chi connectivity index (χ2n) is 5.92. The van der Waals surface area contributed by atoms with Crippen molar-refractivity contribution in [3.63, 3.8) is 0 Å². The lowest BCUT2D eigenvalue weighted by molar-refractivity contribution is 0.570. The summed E-state index contributed by atoms with van der Waals surface area (Å²) >= 11 is -0.464. The van der Waals surface area contributed by atoms with E-state index in [9.17, 15) is 4.21 Å². The molecule has 1 aromatic heterocycles. The summed E-state index contributed by atoms with van der Waals surface area (Å²) in [5, 5.41) is 3.06. The maximum Gasteiger partial charge on any atom is 0.259 e. The zero-order valence-electron chi connectivity index (χ0n) is 14.2. The fourth-order valence-corrected chi connectivity index (χ4v) is 4.00. The van der Waals surface area contributed by atoms with Gasteiger partial charge in [-0.1, -0.05) is 60.7 Å². The summed E-state index contributed by atoms with van der Waals surface area (Å²) in [6.45, 7) is 0. The highest BCUT2D eigenvalue weighted by atomic mass is 32.2. The SMILES string of the molecule is O=S(O)Nc1cccc(-c2cccc(-c3csc(-c4ccccc4)n3)c2)c1. The highest BCUT2D eigenvalue weighted by Gasteiger charge is 2.08. The number of nitrogens with zero attached hydrogens (tertiary/aromatic N) is 1. The van der Waals surface area contributed by atoms with Gasteiger partial charge in [0.15, 0.2) is 0 Å². The van der Waals surface area contributed by atoms with E-state index in [4.69, 9.17) is 9.54 Å². The highest BCUT2D eigenvalue weighted by molar-refractivity contribution is 7.80. The average molecular weight is 393 g/mol. The van der Waals surface area contributed by atoms with Gasteiger partial charge in [0.2, 0.25) is 0 Å². The number of rotatable bonds is 5. The number of hydrogen-bond donors (Lipinski definition) is 2. The molecule has 6 heteroatoms. The van der Waals surface area contributed by atoms with Gasteiger partial charge in [0, 0.05) is 22.2 Å². The monoisotopic (exact) mass is 392 g/mol. The first-order chi connectivity index (χ1) is 13.2. The Balaban J connectivity index is 1.66. The van der Waals surface area contributed by atoms with E-state index in [1.54, 1.807) is 17.4 Å². The largest absolute Gasteiger partial charge is 0.289 e. The van der Waals surface area contributed by atoms with Crippen molar-refractivity contribution in [2.45, 2.75) is 0 Å². The smallest absolute Gasteiger partial charge is 0.259 e. The van der Waals surface area contributed by atoms with Gasteiger partial charge in [-0.2, -0.15) is 0 Å². The number of nitrogens with one attached hydrogen (secondary N) is 1. The van der Waals surface area contributed by atoms with Crippen LogP contribution in [0.5, 0.6) is 0 Å². The third-order valence-corrected chi connectivity index (χ3v) is 5.39. The maximum atomic E-state index is 11.0. The quantitative estimate of drug-likeness (QED) is 0.429. The molecule has 4 nitrogen and oxygen atoms in total. The Hall–Kier alpha value is -2.80. The number of hydrogen-bond acceptors (Lipinski definition) is 3. The van der Waals surface area contributed by atoms with E-state index in [0.717, 1.165) is 33.0 Å². The number of benzene rings is 3. The first kappa shape index (κ1) is 17.6. The summed E-state index contributed by atoms with van der Waals surface area (Å²) in [4.78, 5) is 4.78. The van der Waals surface area contributed by atoms with E-state index >= 15 is 0 Å². The fourth-order valence-electron chi connectivity index (χ4n) is 2.84. The van der Waals surface area contributed by atoms with Crippen LogP contribution in [0.3, 0.4) is 0 Å². The van der Waals surface area contributed by atoms with E-state index in [0.29, 0.717) is 5.69 Å². The summed E-state index contributed by atoms with van der Waals surface area (Å²) in [6.07, 6.45) is 0. The Morgan fingerprint density at radius 1 is 0.815 bits per heavy atom. The molecule has 1 atom stereocenters. The standard InChI is InChI=1S/C21H16N2O2S2/c24-27(25)23-19-11-5-9-17(13-19)16-8-4-10-18(12-16)20-14-26-21(22-20)15-6-2-1-3-7-15/h1-14,23H,(H,24,25). The second kappa shape index (κ2) is 7.84. The van der Waals surface area contributed by atoms with Crippen LogP contribution in [-0.2, 0) is 11.3 Å². The predicted molar refractivity (Wildman–Crippen MR) is 113 cm³/mol. The number of anilines is 1. The zero-order valence-corrected chi connectivity index (χ0v) is 15.8. The Labute approximate surface area is 164 Å². The molecule has 0 radical (unpaired) electrons. The number of thiazole rings is 1. The number of aromatic nitrogens is 1. The van der Waals surface area contributed by atoms with Crippen molar-refractivity contribution in [1.29, 1.82) is 0 Å². The van der Waals surface area contributed by atoms with Gasteiger partial charge in [0.25, 0.3) is 11.3 Å². The highest BCUT2D eigenvalue weighted by Crippen LogP contribution is 2.31. The molecular weight excluding hydrogens is 376 g/mol. The lowest BCUT2D eigenvalue weighted by Gasteiger charge is -2.07. The first-order valence-electron chi connectivity index (χ1n) is 8.28. The van der Waals surface area contributed by atoms with E-state index in [1.165, 1.54) is 0 Å². The molecule has 0 aliphatic heterocycles. The minimum Gasteiger partial charge on any atom is -0.289 e. The molecule has 2 N–H and O–H groups in total. The van der Waals surface area contributed by atoms with Crippen molar-refractivity contribution in [3.8, 4) is 33.0 Å². The molecule has 0 aliphatic carbocycles. The lowest BCUT2D eigenvalue weighted by Crippen LogP contribution is -2.01. The molecule has 0 saturated carbocycles. The van der Waals surface area contributed by atoms with Crippen LogP contribution >= 0.6 is 11.3 Å². The minimum absolute atomic E-state index is 0.596. The Kier molecular flexibility index (Phi) is 5.11. The van der Waals surface area contributed by atoms with E-state index < -0.39 is 11.3 Å². The van der Waals surface area contributed by atoms with Gasteiger partial charge in [0.05, 0.1) is 5.69 Å². The van der Waals surface area contributed by atoms with Crippen LogP contribution in [0.15, 0.2) is 84.2 Å². The second-order valence-corrected chi connectivity index (χ2v) is 7.48. The Morgan fingerprint density at radius 2 is 1.48 bits per heavy atom. The maximum absolute atomic E-state index is 11.0. The van der Waals surface area contributed by atoms with Crippen molar-refractivity contribution >= 4 is 28.3 Å². The summed E-state index contributed by atoms with van der Waals surface area (Å²) in [6, 6.07) is 25.7. The average Bonchev–Trinajstić information content (AvgIpc) is 3.19. The molecule has 0 fully saturated rings. The van der Waals surface area contributed by atoms with Gasteiger partial charge < -0.3 is 0 Å². The molecule has 0 spiro atoms. The molecule has 1 heterocycles. The van der Waals surface area contributed by atoms with Gasteiger partial charge in [-0.15, -0.1) is 11.3 Å². The topological polar surface area (TPSA) is 62.2 Å². The van der Waals surface area contributed by atoms with E-state index in [-0.39, 0.29) is 0 Å². The van der Waals surface area contributed by atoms with Crippen molar-refractivity contribution in [2.75, 3.05) is 4.72 Å². The molecule has 3 aromatic carbocycles. The van der Waals surface area contributed by atoms with Crippen LogP contribution in [-0.4, -0.2) is 13.7 Å². The van der Waals surface area contributed by atoms with Crippen LogP contribution in [0, 0.1) is 0 Å². The first-order valence-corrected chi connectivity index (χ1v) is 10.3. The molecule has 1 unspecified atom stereocenters. The third kappa shape index (κ3) is 4.14. The van der Waals surface area contributed by atoms with Crippen LogP contribution in [0.25, 0.3) is 33.0 Å². The van der Waals surface area contributed by atoms with Crippen molar-refractivity contribution in [3.05, 3.63) is 84.2 Å². The molecule has 0 aliphatic rings. The van der Waals surface area contributed by atoms with Crippen LogP contribution < -0.4 is 4.72 Å². The third-order valence-electron chi connectivity index (χ3n) is 4.08. The summed E-state index contributed by atoms with van der Waals surface area (Å²) in [7, 11) is 0. The van der Waals surface area contributed by atoms with Gasteiger partial charge in [-0.25, -0.2) is 9.19 Å². The van der Waals surface area contributed by atoms with Gasteiger partial charge >= 0.3 is 0 Å². The normalized spacial score (nSPS) is 11.9. The van der Waals surface area contributed by atoms with E-state index in [2.05, 4.69) is 28.3 Å². The molecule has 27 heavy (non-hydrogen) atoms. The minimum atomic E-state index is -2.09. The molecule has 4 rings (SSSR count). The van der Waals surface area contributed by atoms with Crippen molar-refractivity contribution in [2.24, 2.45) is 0 Å². The summed E-state index contributed by atoms with van der Waals surface area (Å²) in [5.74, 6) is 0. The molecule has 0 amide bonds. The van der Waals surface area contributed by atoms with Gasteiger partial charge in [0.1, 0.15) is 5.01 Å². The lowest BCUT2D eigenvalue weighted by atomic mass is 10.0. The molecule has 4 aromatic rings. The van der Waals surface area contributed by atoms with Crippen molar-refractivity contribution < 1.29 is 8.76 Å². The van der Waals surface area contributed by atoms with Crippen LogP contribution in [0.2, 0.25) is 0 Å². The van der Waals surface area contributed by atoms with Gasteiger partial charge in [-0.05, 0) is 29.3 Å². The predicted octanol–water partition coefficient (Wildman–Crippen LogP) is 5.69. The molecule has 0 saturated heterocycles. The van der Waals surface area contributed by atoms with Crippen LogP contribution in [0.4, 0.5) is 5.69 Å². The molecule has 0 bridgehead atoms. The zero-order chi connectivity index (χ0) is 18.6.